The highest BCUT2D eigenvalue weighted by Gasteiger charge is 2.31. The van der Waals surface area contributed by atoms with E-state index < -0.39 is 11.9 Å². The molecular weight excluding hydrogens is 469 g/mol. The van der Waals surface area contributed by atoms with Gasteiger partial charge in [0, 0.05) is 35.1 Å². The molecule has 1 aromatic carbocycles. The molecule has 0 saturated carbocycles. The largest absolute Gasteiger partial charge is 0.433 e. The summed E-state index contributed by atoms with van der Waals surface area (Å²) in [4.78, 5) is 7.88. The number of nitrogens with zero attached hydrogens (tertiary/aromatic N) is 3. The number of nitrogens with one attached hydrogen (secondary N) is 1. The number of anilines is 1. The van der Waals surface area contributed by atoms with Gasteiger partial charge < -0.3 is 5.32 Å². The lowest BCUT2D eigenvalue weighted by Crippen LogP contribution is -2.09. The summed E-state index contributed by atoms with van der Waals surface area (Å²) >= 11 is 9.82. The number of hydrogen-bond donors (Lipinski definition) is 1. The third kappa shape index (κ3) is 4.09. The van der Waals surface area contributed by atoms with E-state index >= 15 is 0 Å². The van der Waals surface area contributed by atoms with Gasteiger partial charge in [-0.1, -0.05) is 35.9 Å². The lowest BCUT2D eigenvalue weighted by atomic mass is 10.1. The molecule has 29 heavy (non-hydrogen) atoms. The molecular formula is C20H13BrClF3N4. The Labute approximate surface area is 177 Å². The maximum absolute atomic E-state index is 12.7. The van der Waals surface area contributed by atoms with Crippen LogP contribution in [-0.4, -0.2) is 14.4 Å². The van der Waals surface area contributed by atoms with Crippen LogP contribution >= 0.6 is 27.5 Å². The van der Waals surface area contributed by atoms with Gasteiger partial charge in [0.25, 0.3) is 0 Å². The third-order valence-electron chi connectivity index (χ3n) is 4.34. The Bertz CT molecular complexity index is 1170. The van der Waals surface area contributed by atoms with Gasteiger partial charge in [0.05, 0.1) is 11.9 Å². The highest BCUT2D eigenvalue weighted by Crippen LogP contribution is 2.32. The van der Waals surface area contributed by atoms with Crippen molar-refractivity contribution in [3.05, 3.63) is 81.9 Å². The normalized spacial score (nSPS) is 11.8. The molecule has 0 radical (unpaired) electrons. The fourth-order valence-corrected chi connectivity index (χ4v) is 3.54. The van der Waals surface area contributed by atoms with Gasteiger partial charge in [0.15, 0.2) is 5.65 Å². The van der Waals surface area contributed by atoms with E-state index in [-0.39, 0.29) is 6.54 Å². The lowest BCUT2D eigenvalue weighted by Gasteiger charge is -2.13. The monoisotopic (exact) mass is 480 g/mol. The molecule has 4 rings (SSSR count). The van der Waals surface area contributed by atoms with Crippen LogP contribution in [0.25, 0.3) is 16.8 Å². The molecule has 3 heterocycles. The van der Waals surface area contributed by atoms with Crippen LogP contribution in [0.15, 0.2) is 65.7 Å². The first kappa shape index (κ1) is 19.7. The number of benzene rings is 1. The van der Waals surface area contributed by atoms with E-state index in [1.165, 1.54) is 12.3 Å². The Hall–Kier alpha value is -2.58. The highest BCUT2D eigenvalue weighted by atomic mass is 79.9. The second-order valence-electron chi connectivity index (χ2n) is 6.30. The topological polar surface area (TPSA) is 42.2 Å². The molecule has 0 aliphatic heterocycles. The van der Waals surface area contributed by atoms with Crippen LogP contribution in [0.2, 0.25) is 5.02 Å². The Morgan fingerprint density at radius 2 is 1.86 bits per heavy atom. The molecule has 9 heteroatoms. The molecule has 0 bridgehead atoms. The number of alkyl halides is 3. The maximum atomic E-state index is 12.7. The zero-order valence-corrected chi connectivity index (χ0v) is 17.1. The molecule has 0 atom stereocenters. The van der Waals surface area contributed by atoms with E-state index in [2.05, 4.69) is 31.2 Å². The van der Waals surface area contributed by atoms with E-state index in [0.717, 1.165) is 21.8 Å². The van der Waals surface area contributed by atoms with Crippen LogP contribution in [0.1, 0.15) is 11.3 Å². The Morgan fingerprint density at radius 1 is 1.07 bits per heavy atom. The molecule has 3 aromatic heterocycles. The van der Waals surface area contributed by atoms with Crippen LogP contribution in [0.3, 0.4) is 0 Å². The summed E-state index contributed by atoms with van der Waals surface area (Å²) in [7, 11) is 0. The molecule has 0 unspecified atom stereocenters. The predicted octanol–water partition coefficient (Wildman–Crippen LogP) is 6.44. The molecule has 4 nitrogen and oxygen atoms in total. The summed E-state index contributed by atoms with van der Waals surface area (Å²) in [6.07, 6.45) is 0.352. The van der Waals surface area contributed by atoms with Crippen molar-refractivity contribution in [1.82, 2.24) is 14.4 Å². The molecule has 4 aromatic rings. The van der Waals surface area contributed by atoms with E-state index in [1.54, 1.807) is 6.20 Å². The molecule has 148 valence electrons. The van der Waals surface area contributed by atoms with E-state index in [9.17, 15) is 13.2 Å². The van der Waals surface area contributed by atoms with Crippen molar-refractivity contribution in [2.75, 3.05) is 5.32 Å². The molecule has 0 fully saturated rings. The van der Waals surface area contributed by atoms with E-state index in [4.69, 9.17) is 11.6 Å². The smallest absolute Gasteiger partial charge is 0.378 e. The van der Waals surface area contributed by atoms with Gasteiger partial charge in [-0.05, 0) is 39.7 Å². The van der Waals surface area contributed by atoms with Crippen LogP contribution in [0, 0.1) is 0 Å². The molecule has 0 aliphatic carbocycles. The zero-order chi connectivity index (χ0) is 20.6. The summed E-state index contributed by atoms with van der Waals surface area (Å²) in [5, 5.41) is 3.85. The van der Waals surface area contributed by atoms with Gasteiger partial charge in [-0.25, -0.2) is 4.98 Å². The van der Waals surface area contributed by atoms with Gasteiger partial charge in [0.1, 0.15) is 10.3 Å². The summed E-state index contributed by atoms with van der Waals surface area (Å²) < 4.78 is 40.7. The number of hydrogen-bond acceptors (Lipinski definition) is 3. The fourth-order valence-electron chi connectivity index (χ4n) is 2.93. The van der Waals surface area contributed by atoms with Crippen molar-refractivity contribution in [2.45, 2.75) is 12.7 Å². The Morgan fingerprint density at radius 3 is 2.55 bits per heavy atom. The fraction of sp³-hybridized carbons (Fsp3) is 0.100. The first-order valence-electron chi connectivity index (χ1n) is 8.50. The Balaban J connectivity index is 1.67. The van der Waals surface area contributed by atoms with Gasteiger partial charge in [-0.3, -0.25) is 9.38 Å². The van der Waals surface area contributed by atoms with Gasteiger partial charge >= 0.3 is 6.18 Å². The maximum Gasteiger partial charge on any atom is 0.433 e. The number of rotatable bonds is 4. The first-order valence-corrected chi connectivity index (χ1v) is 9.67. The predicted molar refractivity (Wildman–Crippen MR) is 110 cm³/mol. The van der Waals surface area contributed by atoms with Gasteiger partial charge in [-0.2, -0.15) is 13.2 Å². The quantitative estimate of drug-likeness (QED) is 0.365. The van der Waals surface area contributed by atoms with E-state index in [0.29, 0.717) is 21.9 Å². The van der Waals surface area contributed by atoms with Gasteiger partial charge in [0.2, 0.25) is 0 Å². The number of imidazole rings is 1. The molecule has 0 saturated heterocycles. The molecule has 0 aliphatic rings. The van der Waals surface area contributed by atoms with Crippen LogP contribution in [0.4, 0.5) is 18.9 Å². The summed E-state index contributed by atoms with van der Waals surface area (Å²) in [6.45, 7) is 0.289. The summed E-state index contributed by atoms with van der Waals surface area (Å²) in [6, 6.07) is 11.8. The number of aromatic nitrogens is 3. The molecule has 1 N–H and O–H groups in total. The van der Waals surface area contributed by atoms with E-state index in [1.807, 2.05) is 40.9 Å². The van der Waals surface area contributed by atoms with Crippen LogP contribution in [-0.2, 0) is 12.7 Å². The minimum Gasteiger partial charge on any atom is -0.378 e. The zero-order valence-electron chi connectivity index (χ0n) is 14.7. The Kier molecular flexibility index (Phi) is 5.23. The van der Waals surface area contributed by atoms with Crippen molar-refractivity contribution >= 4 is 38.9 Å². The molecule has 0 spiro atoms. The standard InChI is InChI=1S/C20H13BrClF3N4/c21-18-10-28-19-16(26-8-12-5-6-17(27-9-12)20(23,24)25)7-13(11-29(18)19)14-3-1-2-4-15(14)22/h1-7,9-11,26H,8H2. The van der Waals surface area contributed by atoms with Crippen molar-refractivity contribution in [3.63, 3.8) is 0 Å². The number of halogens is 5. The average molecular weight is 482 g/mol. The lowest BCUT2D eigenvalue weighted by molar-refractivity contribution is -0.141. The third-order valence-corrected chi connectivity index (χ3v) is 5.26. The molecule has 0 amide bonds. The SMILES string of the molecule is FC(F)(F)c1ccc(CNc2cc(-c3ccccc3Cl)cn3c(Br)cnc23)cn1. The minimum atomic E-state index is -4.45. The number of fused-ring (bicyclic) bond motifs is 1. The van der Waals surface area contributed by atoms with Gasteiger partial charge in [-0.15, -0.1) is 0 Å². The summed E-state index contributed by atoms with van der Waals surface area (Å²) in [5.74, 6) is 0. The van der Waals surface area contributed by atoms with Crippen molar-refractivity contribution in [3.8, 4) is 11.1 Å². The minimum absolute atomic E-state index is 0.289. The van der Waals surface area contributed by atoms with Crippen molar-refractivity contribution in [1.29, 1.82) is 0 Å². The van der Waals surface area contributed by atoms with Crippen LogP contribution in [0.5, 0.6) is 0 Å². The second kappa shape index (κ2) is 7.68. The van der Waals surface area contributed by atoms with Crippen LogP contribution < -0.4 is 5.32 Å². The van der Waals surface area contributed by atoms with Crippen molar-refractivity contribution < 1.29 is 13.2 Å². The highest BCUT2D eigenvalue weighted by molar-refractivity contribution is 9.10. The average Bonchev–Trinajstić information content (AvgIpc) is 3.07. The first-order chi connectivity index (χ1) is 13.8. The second-order valence-corrected chi connectivity index (χ2v) is 7.52. The van der Waals surface area contributed by atoms with Crippen molar-refractivity contribution in [2.24, 2.45) is 0 Å². The summed E-state index contributed by atoms with van der Waals surface area (Å²) in [5.41, 5.74) is 2.82. The number of pyridine rings is 2.